The number of hydrogen-bond acceptors (Lipinski definition) is 3. The van der Waals surface area contributed by atoms with E-state index in [1.54, 1.807) is 11.0 Å². The van der Waals surface area contributed by atoms with Gasteiger partial charge in [-0.25, -0.2) is 0 Å². The number of para-hydroxylation sites is 1. The van der Waals surface area contributed by atoms with E-state index < -0.39 is 0 Å². The van der Waals surface area contributed by atoms with Crippen molar-refractivity contribution in [1.82, 2.24) is 10.2 Å². The summed E-state index contributed by atoms with van der Waals surface area (Å²) in [7, 11) is 0. The molecule has 1 saturated heterocycles. The van der Waals surface area contributed by atoms with Crippen LogP contribution in [0.1, 0.15) is 24.5 Å². The molecule has 4 nitrogen and oxygen atoms in total. The molecule has 0 aromatic heterocycles. The summed E-state index contributed by atoms with van der Waals surface area (Å²) in [6.45, 7) is 3.09. The van der Waals surface area contributed by atoms with Crippen molar-refractivity contribution in [3.8, 4) is 5.75 Å². The molecule has 0 bridgehead atoms. The van der Waals surface area contributed by atoms with Crippen molar-refractivity contribution in [2.45, 2.75) is 20.0 Å². The van der Waals surface area contributed by atoms with E-state index in [1.807, 2.05) is 55.5 Å². The monoisotopic (exact) mass is 430 g/mol. The summed E-state index contributed by atoms with van der Waals surface area (Å²) in [5.74, 6) is 0.622. The first kappa shape index (κ1) is 18.6. The number of hydrogen-bond donors (Lipinski definition) is 1. The molecule has 2 aromatic rings. The standard InChI is InChI=1S/C20H19BrN2O2S/c1-2-11-23-19(24)17(22-20(23)26)12-15-5-3-4-6-18(15)25-13-14-7-9-16(21)10-8-14/h3-10,12H,2,11,13H2,1H3,(H,22,26)/b17-12-. The third-order valence-corrected chi connectivity index (χ3v) is 4.79. The Hall–Kier alpha value is -2.18. The molecule has 1 aliphatic rings. The number of benzene rings is 2. The van der Waals surface area contributed by atoms with Crippen LogP contribution in [-0.2, 0) is 11.4 Å². The van der Waals surface area contributed by atoms with Gasteiger partial charge in [-0.2, -0.15) is 0 Å². The number of carbonyl (C=O) groups excluding carboxylic acids is 1. The van der Waals surface area contributed by atoms with Crippen molar-refractivity contribution >= 4 is 45.2 Å². The van der Waals surface area contributed by atoms with Gasteiger partial charge in [-0.3, -0.25) is 9.69 Å². The molecule has 1 heterocycles. The van der Waals surface area contributed by atoms with E-state index in [0.717, 1.165) is 27.8 Å². The highest BCUT2D eigenvalue weighted by atomic mass is 79.9. The predicted molar refractivity (Wildman–Crippen MR) is 111 cm³/mol. The lowest BCUT2D eigenvalue weighted by Crippen LogP contribution is -2.31. The van der Waals surface area contributed by atoms with Gasteiger partial charge in [0.2, 0.25) is 0 Å². The van der Waals surface area contributed by atoms with Crippen molar-refractivity contribution in [3.05, 3.63) is 69.8 Å². The number of thiocarbonyl (C=S) groups is 1. The van der Waals surface area contributed by atoms with Crippen LogP contribution >= 0.6 is 28.1 Å². The Morgan fingerprint density at radius 3 is 2.65 bits per heavy atom. The van der Waals surface area contributed by atoms with Gasteiger partial charge in [0, 0.05) is 16.6 Å². The molecule has 3 rings (SSSR count). The van der Waals surface area contributed by atoms with Crippen molar-refractivity contribution in [2.75, 3.05) is 6.54 Å². The predicted octanol–water partition coefficient (Wildman–Crippen LogP) is 4.50. The summed E-state index contributed by atoms with van der Waals surface area (Å²) in [4.78, 5) is 14.1. The maximum atomic E-state index is 12.5. The molecule has 6 heteroatoms. The Labute approximate surface area is 167 Å². The van der Waals surface area contributed by atoms with Gasteiger partial charge >= 0.3 is 0 Å². The lowest BCUT2D eigenvalue weighted by Gasteiger charge is -2.11. The SMILES string of the molecule is CCCN1C(=O)/C(=C/c2ccccc2OCc2ccc(Br)cc2)NC1=S. The van der Waals surface area contributed by atoms with Crippen LogP contribution in [0.2, 0.25) is 0 Å². The lowest BCUT2D eigenvalue weighted by atomic mass is 10.1. The maximum absolute atomic E-state index is 12.5. The molecular formula is C20H19BrN2O2S. The fraction of sp³-hybridized carbons (Fsp3) is 0.200. The van der Waals surface area contributed by atoms with E-state index in [0.29, 0.717) is 24.0 Å². The largest absolute Gasteiger partial charge is 0.488 e. The third-order valence-electron chi connectivity index (χ3n) is 3.94. The molecule has 1 amide bonds. The Morgan fingerprint density at radius 1 is 1.19 bits per heavy atom. The van der Waals surface area contributed by atoms with Crippen molar-refractivity contribution in [1.29, 1.82) is 0 Å². The zero-order valence-corrected chi connectivity index (χ0v) is 16.8. The Morgan fingerprint density at radius 2 is 1.92 bits per heavy atom. The molecule has 0 saturated carbocycles. The number of nitrogens with one attached hydrogen (secondary N) is 1. The molecule has 26 heavy (non-hydrogen) atoms. The van der Waals surface area contributed by atoms with Gasteiger partial charge in [0.05, 0.1) is 0 Å². The van der Waals surface area contributed by atoms with Crippen LogP contribution in [0.25, 0.3) is 6.08 Å². The van der Waals surface area contributed by atoms with Crippen LogP contribution in [0.3, 0.4) is 0 Å². The van der Waals surface area contributed by atoms with E-state index >= 15 is 0 Å². The molecule has 2 aromatic carbocycles. The molecule has 0 atom stereocenters. The van der Waals surface area contributed by atoms with E-state index in [4.69, 9.17) is 17.0 Å². The summed E-state index contributed by atoms with van der Waals surface area (Å²) in [6, 6.07) is 15.6. The summed E-state index contributed by atoms with van der Waals surface area (Å²) in [6.07, 6.45) is 2.65. The smallest absolute Gasteiger partial charge is 0.276 e. The number of rotatable bonds is 6. The Kier molecular flexibility index (Phi) is 6.06. The van der Waals surface area contributed by atoms with Gasteiger partial charge < -0.3 is 10.1 Å². The molecule has 1 fully saturated rings. The van der Waals surface area contributed by atoms with Gasteiger partial charge in [-0.1, -0.05) is 53.2 Å². The Bertz CT molecular complexity index is 849. The van der Waals surface area contributed by atoms with E-state index in [9.17, 15) is 4.79 Å². The fourth-order valence-corrected chi connectivity index (χ4v) is 3.18. The van der Waals surface area contributed by atoms with Gasteiger partial charge in [-0.05, 0) is 48.5 Å². The average molecular weight is 431 g/mol. The fourth-order valence-electron chi connectivity index (χ4n) is 2.63. The highest BCUT2D eigenvalue weighted by Gasteiger charge is 2.29. The van der Waals surface area contributed by atoms with Gasteiger partial charge in [0.25, 0.3) is 5.91 Å². The van der Waals surface area contributed by atoms with Crippen LogP contribution in [-0.4, -0.2) is 22.5 Å². The number of carbonyl (C=O) groups is 1. The minimum Gasteiger partial charge on any atom is -0.488 e. The topological polar surface area (TPSA) is 41.6 Å². The first-order chi connectivity index (χ1) is 12.6. The van der Waals surface area contributed by atoms with E-state index in [1.165, 1.54) is 0 Å². The summed E-state index contributed by atoms with van der Waals surface area (Å²) in [5, 5.41) is 3.46. The molecule has 1 N–H and O–H groups in total. The summed E-state index contributed by atoms with van der Waals surface area (Å²) in [5.41, 5.74) is 2.38. The van der Waals surface area contributed by atoms with Crippen molar-refractivity contribution in [2.24, 2.45) is 0 Å². The minimum absolute atomic E-state index is 0.0976. The Balaban J connectivity index is 1.78. The normalized spacial score (nSPS) is 15.5. The number of ether oxygens (including phenoxy) is 1. The van der Waals surface area contributed by atoms with Gasteiger partial charge in [-0.15, -0.1) is 0 Å². The molecule has 134 valence electrons. The average Bonchev–Trinajstić information content (AvgIpc) is 2.90. The second-order valence-electron chi connectivity index (χ2n) is 5.90. The van der Waals surface area contributed by atoms with Crippen LogP contribution in [0.15, 0.2) is 58.7 Å². The zero-order valence-electron chi connectivity index (χ0n) is 14.4. The van der Waals surface area contributed by atoms with E-state index in [2.05, 4.69) is 21.2 Å². The first-order valence-corrected chi connectivity index (χ1v) is 9.59. The summed E-state index contributed by atoms with van der Waals surface area (Å²) < 4.78 is 7.00. The lowest BCUT2D eigenvalue weighted by molar-refractivity contribution is -0.122. The zero-order chi connectivity index (χ0) is 18.5. The molecule has 0 unspecified atom stereocenters. The minimum atomic E-state index is -0.0976. The van der Waals surface area contributed by atoms with Crippen LogP contribution in [0.5, 0.6) is 5.75 Å². The van der Waals surface area contributed by atoms with Crippen LogP contribution in [0.4, 0.5) is 0 Å². The first-order valence-electron chi connectivity index (χ1n) is 8.39. The number of amides is 1. The molecule has 0 spiro atoms. The highest BCUT2D eigenvalue weighted by molar-refractivity contribution is 9.10. The van der Waals surface area contributed by atoms with Crippen molar-refractivity contribution < 1.29 is 9.53 Å². The number of nitrogens with zero attached hydrogens (tertiary/aromatic N) is 1. The van der Waals surface area contributed by atoms with Crippen LogP contribution < -0.4 is 10.1 Å². The van der Waals surface area contributed by atoms with Crippen molar-refractivity contribution in [3.63, 3.8) is 0 Å². The van der Waals surface area contributed by atoms with Crippen LogP contribution in [0, 0.1) is 0 Å². The van der Waals surface area contributed by atoms with E-state index in [-0.39, 0.29) is 5.91 Å². The highest BCUT2D eigenvalue weighted by Crippen LogP contribution is 2.24. The molecule has 0 radical (unpaired) electrons. The third kappa shape index (κ3) is 4.31. The van der Waals surface area contributed by atoms with Gasteiger partial charge in [0.15, 0.2) is 5.11 Å². The van der Waals surface area contributed by atoms with Gasteiger partial charge in [0.1, 0.15) is 18.1 Å². The maximum Gasteiger partial charge on any atom is 0.276 e. The molecular weight excluding hydrogens is 412 g/mol. The summed E-state index contributed by atoms with van der Waals surface area (Å²) >= 11 is 8.68. The second kappa shape index (κ2) is 8.47. The molecule has 0 aliphatic carbocycles. The second-order valence-corrected chi connectivity index (χ2v) is 7.20. The molecule has 1 aliphatic heterocycles. The quantitative estimate of drug-likeness (QED) is 0.541. The number of halogens is 1.